The molecule has 1 unspecified atom stereocenters. The Kier molecular flexibility index (Phi) is 8.96. The lowest BCUT2D eigenvalue weighted by atomic mass is 10.0. The van der Waals surface area contributed by atoms with Gasteiger partial charge in [-0.15, -0.1) is 0 Å². The van der Waals surface area contributed by atoms with E-state index in [0.29, 0.717) is 72.2 Å². The van der Waals surface area contributed by atoms with Crippen molar-refractivity contribution in [3.05, 3.63) is 80.6 Å². The third kappa shape index (κ3) is 6.32. The number of piperazine rings is 1. The Labute approximate surface area is 304 Å². The Morgan fingerprint density at radius 2 is 1.75 bits per heavy atom. The summed E-state index contributed by atoms with van der Waals surface area (Å²) >= 11 is 0. The maximum absolute atomic E-state index is 15.8. The lowest BCUT2D eigenvalue weighted by molar-refractivity contribution is -0.136. The second kappa shape index (κ2) is 13.8. The molecule has 1 atom stereocenters. The first-order valence-corrected chi connectivity index (χ1v) is 18.2. The highest BCUT2D eigenvalue weighted by atomic mass is 19.1. The lowest BCUT2D eigenvalue weighted by Crippen LogP contribution is -2.52. The number of hydrogen-bond donors (Lipinski definition) is 2. The van der Waals surface area contributed by atoms with E-state index in [2.05, 4.69) is 30.4 Å². The summed E-state index contributed by atoms with van der Waals surface area (Å²) in [5, 5.41) is 6.13. The number of anilines is 3. The third-order valence-electron chi connectivity index (χ3n) is 11.1. The Hall–Kier alpha value is -5.57. The third-order valence-corrected chi connectivity index (χ3v) is 11.1. The first-order valence-electron chi connectivity index (χ1n) is 18.2. The number of ketones is 1. The molecule has 0 bridgehead atoms. The number of piperidine rings is 1. The molecule has 2 N–H and O–H groups in total. The molecule has 1 saturated carbocycles. The minimum atomic E-state index is -0.788. The van der Waals surface area contributed by atoms with Gasteiger partial charge in [0.05, 0.1) is 24.0 Å². The number of imide groups is 1. The molecule has 6 heterocycles. The summed E-state index contributed by atoms with van der Waals surface area (Å²) in [6.45, 7) is 6.37. The van der Waals surface area contributed by atoms with E-state index in [1.807, 2.05) is 12.1 Å². The van der Waals surface area contributed by atoms with Crippen molar-refractivity contribution in [1.82, 2.24) is 34.6 Å². The van der Waals surface area contributed by atoms with Gasteiger partial charge < -0.3 is 15.1 Å². The highest BCUT2D eigenvalue weighted by molar-refractivity contribution is 6.05. The number of Topliss-reactive ketones (excluding diaryl/α,β-unsaturated/α-hetero) is 1. The number of amides is 3. The molecule has 3 fully saturated rings. The molecule has 4 aromatic rings. The average Bonchev–Trinajstić information content (AvgIpc) is 3.79. The summed E-state index contributed by atoms with van der Waals surface area (Å²) < 4.78 is 17.5. The fourth-order valence-corrected chi connectivity index (χ4v) is 8.25. The van der Waals surface area contributed by atoms with Crippen molar-refractivity contribution in [2.24, 2.45) is 0 Å². The zero-order valence-corrected chi connectivity index (χ0v) is 29.7. The van der Waals surface area contributed by atoms with E-state index in [0.717, 1.165) is 31.4 Å². The minimum Gasteiger partial charge on any atom is -0.368 e. The van der Waals surface area contributed by atoms with E-state index in [-0.39, 0.29) is 53.8 Å². The molecule has 0 spiro atoms. The average molecular weight is 722 g/mol. The van der Waals surface area contributed by atoms with E-state index in [1.165, 1.54) is 11.8 Å². The number of fused-ring (bicyclic) bond motifs is 2. The molecule has 1 aliphatic carbocycles. The molecule has 1 aromatic carbocycles. The van der Waals surface area contributed by atoms with Crippen molar-refractivity contribution in [3.8, 4) is 0 Å². The maximum Gasteiger partial charge on any atom is 0.263 e. The van der Waals surface area contributed by atoms with Gasteiger partial charge in [0.15, 0.2) is 5.78 Å². The maximum atomic E-state index is 15.8. The fourth-order valence-electron chi connectivity index (χ4n) is 8.25. The van der Waals surface area contributed by atoms with Crippen LogP contribution in [0.25, 0.3) is 11.0 Å². The molecule has 3 aliphatic heterocycles. The van der Waals surface area contributed by atoms with E-state index in [1.54, 1.807) is 36.0 Å². The topological polar surface area (TPSA) is 163 Å². The van der Waals surface area contributed by atoms with Gasteiger partial charge >= 0.3 is 0 Å². The van der Waals surface area contributed by atoms with Gasteiger partial charge in [0, 0.05) is 73.5 Å². The number of pyridine rings is 2. The van der Waals surface area contributed by atoms with Crippen LogP contribution in [0.1, 0.15) is 88.9 Å². The predicted octanol–water partition coefficient (Wildman–Crippen LogP) is 3.78. The van der Waals surface area contributed by atoms with Gasteiger partial charge in [-0.2, -0.15) is 4.98 Å². The van der Waals surface area contributed by atoms with Crippen LogP contribution in [0.2, 0.25) is 0 Å². The number of carbonyl (C=O) groups excluding carboxylic acids is 4. The summed E-state index contributed by atoms with van der Waals surface area (Å²) in [4.78, 5) is 82.6. The van der Waals surface area contributed by atoms with Gasteiger partial charge in [-0.25, -0.2) is 14.4 Å². The van der Waals surface area contributed by atoms with Gasteiger partial charge in [-0.3, -0.25) is 38.8 Å². The zero-order chi connectivity index (χ0) is 37.0. The monoisotopic (exact) mass is 721 g/mol. The van der Waals surface area contributed by atoms with Gasteiger partial charge in [-0.05, 0) is 56.9 Å². The first-order chi connectivity index (χ1) is 25.6. The molecule has 2 saturated heterocycles. The summed E-state index contributed by atoms with van der Waals surface area (Å²) in [6.07, 6.45) is 7.58. The van der Waals surface area contributed by atoms with E-state index in [9.17, 15) is 24.0 Å². The molecule has 0 radical (unpaired) electrons. The van der Waals surface area contributed by atoms with Crippen molar-refractivity contribution in [2.45, 2.75) is 77.5 Å². The van der Waals surface area contributed by atoms with Crippen LogP contribution in [-0.2, 0) is 22.7 Å². The Balaban J connectivity index is 0.911. The van der Waals surface area contributed by atoms with E-state index < -0.39 is 23.7 Å². The quantitative estimate of drug-likeness (QED) is 0.201. The van der Waals surface area contributed by atoms with Crippen LogP contribution in [0.5, 0.6) is 0 Å². The molecular formula is C38H40FN9O5. The Bertz CT molecular complexity index is 2230. The van der Waals surface area contributed by atoms with Gasteiger partial charge in [-0.1, -0.05) is 18.9 Å². The van der Waals surface area contributed by atoms with Crippen LogP contribution in [-0.4, -0.2) is 85.0 Å². The smallest absolute Gasteiger partial charge is 0.263 e. The number of halogens is 1. The molecule has 3 amide bonds. The molecule has 53 heavy (non-hydrogen) atoms. The number of rotatable bonds is 8. The van der Waals surface area contributed by atoms with E-state index >= 15 is 4.39 Å². The molecule has 8 rings (SSSR count). The number of hydrogen-bond acceptors (Lipinski definition) is 11. The molecule has 3 aromatic heterocycles. The Morgan fingerprint density at radius 3 is 2.45 bits per heavy atom. The van der Waals surface area contributed by atoms with Crippen LogP contribution in [0.4, 0.5) is 21.8 Å². The molecule has 14 nitrogen and oxygen atoms in total. The number of aryl methyl sites for hydroxylation is 1. The summed E-state index contributed by atoms with van der Waals surface area (Å²) in [5.74, 6) is -1.11. The highest BCUT2D eigenvalue weighted by Gasteiger charge is 2.40. The first kappa shape index (κ1) is 34.5. The second-order valence-electron chi connectivity index (χ2n) is 14.4. The van der Waals surface area contributed by atoms with Gasteiger partial charge in [0.1, 0.15) is 23.3 Å². The van der Waals surface area contributed by atoms with Gasteiger partial charge in [0.2, 0.25) is 17.8 Å². The lowest BCUT2D eigenvalue weighted by Gasteiger charge is -2.36. The molecule has 4 aliphatic rings. The minimum absolute atomic E-state index is 0.00189. The number of benzene rings is 1. The van der Waals surface area contributed by atoms with Crippen molar-refractivity contribution in [1.29, 1.82) is 0 Å². The summed E-state index contributed by atoms with van der Waals surface area (Å²) in [5.41, 5.74) is 3.00. The zero-order valence-electron chi connectivity index (χ0n) is 29.7. The Morgan fingerprint density at radius 1 is 0.981 bits per heavy atom. The van der Waals surface area contributed by atoms with Crippen molar-refractivity contribution >= 4 is 52.0 Å². The van der Waals surface area contributed by atoms with Gasteiger partial charge in [0.25, 0.3) is 11.5 Å². The van der Waals surface area contributed by atoms with Crippen LogP contribution < -0.4 is 21.1 Å². The molecule has 274 valence electrons. The van der Waals surface area contributed by atoms with Crippen LogP contribution >= 0.6 is 0 Å². The largest absolute Gasteiger partial charge is 0.368 e. The molecular weight excluding hydrogens is 681 g/mol. The normalized spacial score (nSPS) is 19.6. The summed E-state index contributed by atoms with van der Waals surface area (Å²) in [6, 6.07) is 6.31. The van der Waals surface area contributed by atoms with Crippen LogP contribution in [0, 0.1) is 12.7 Å². The number of carbonyl (C=O) groups is 4. The van der Waals surface area contributed by atoms with Crippen molar-refractivity contribution in [2.75, 3.05) is 36.4 Å². The number of nitrogens with zero attached hydrogens (tertiary/aromatic N) is 7. The van der Waals surface area contributed by atoms with E-state index in [4.69, 9.17) is 4.98 Å². The van der Waals surface area contributed by atoms with Crippen LogP contribution in [0.3, 0.4) is 0 Å². The highest BCUT2D eigenvalue weighted by Crippen LogP contribution is 2.33. The number of nitrogens with one attached hydrogen (secondary N) is 2. The predicted molar refractivity (Wildman–Crippen MR) is 193 cm³/mol. The van der Waals surface area contributed by atoms with Crippen molar-refractivity contribution in [3.63, 3.8) is 0 Å². The molecule has 15 heteroatoms. The SMILES string of the molecule is CC(=O)c1c(C)c2cnc(Nc3ccc(N4CCN(Cc5ccc6c(c5F)CN(C5CCC(=O)NC5=O)C6=O)CC4)cn3)nc2n(C2CCCC2)c1=O. The number of aromatic nitrogens is 4. The van der Waals surface area contributed by atoms with Crippen molar-refractivity contribution < 1.29 is 23.6 Å². The second-order valence-corrected chi connectivity index (χ2v) is 14.4. The van der Waals surface area contributed by atoms with Crippen LogP contribution in [0.15, 0.2) is 41.5 Å². The summed E-state index contributed by atoms with van der Waals surface area (Å²) in [7, 11) is 0. The fraction of sp³-hybridized carbons (Fsp3) is 0.421. The standard InChI is InChI=1S/C38H40FN9O5/c1-21-27-18-41-38(44-34(27)48(24-5-3-4-6-24)37(53)32(21)22(2)49)42-30-11-8-25(17-40-30)46-15-13-45(14-16-46)19-23-7-9-26-28(33(23)39)20-47(36(26)52)29-10-12-31(50)43-35(29)51/h7-9,11,17-18,24,29H,3-6,10,12-16,19-20H2,1-2H3,(H,43,50,51)(H,40,41,42,44).